The number of amides is 1. The van der Waals surface area contributed by atoms with Crippen LogP contribution in [0.1, 0.15) is 56.0 Å². The molecule has 4 nitrogen and oxygen atoms in total. The lowest BCUT2D eigenvalue weighted by Gasteiger charge is -2.34. The third-order valence-corrected chi connectivity index (χ3v) is 5.83. The van der Waals surface area contributed by atoms with Crippen molar-refractivity contribution >= 4 is 22.4 Å². The summed E-state index contributed by atoms with van der Waals surface area (Å²) in [7, 11) is 0. The minimum absolute atomic E-state index is 0.175. The van der Waals surface area contributed by atoms with Crippen molar-refractivity contribution in [1.29, 1.82) is 0 Å². The molecule has 1 unspecified atom stereocenters. The van der Waals surface area contributed by atoms with Gasteiger partial charge >= 0.3 is 0 Å². The van der Waals surface area contributed by atoms with Gasteiger partial charge < -0.3 is 4.74 Å². The first-order valence-electron chi connectivity index (χ1n) is 10.9. The fourth-order valence-corrected chi connectivity index (χ4v) is 4.57. The summed E-state index contributed by atoms with van der Waals surface area (Å²) < 4.78 is 5.93. The van der Waals surface area contributed by atoms with E-state index in [9.17, 15) is 4.79 Å². The van der Waals surface area contributed by atoms with Gasteiger partial charge in [0.1, 0.15) is 12.4 Å². The zero-order chi connectivity index (χ0) is 21.8. The number of rotatable bonds is 5. The molecule has 0 aromatic heterocycles. The highest BCUT2D eigenvalue weighted by molar-refractivity contribution is 5.95. The van der Waals surface area contributed by atoms with Gasteiger partial charge in [0, 0.05) is 11.3 Å². The van der Waals surface area contributed by atoms with E-state index in [1.54, 1.807) is 0 Å². The zero-order valence-corrected chi connectivity index (χ0v) is 18.5. The number of carbonyl (C=O) groups is 1. The third kappa shape index (κ3) is 5.52. The van der Waals surface area contributed by atoms with Crippen LogP contribution < -0.4 is 10.2 Å². The molecule has 3 aromatic carbocycles. The Labute approximate surface area is 184 Å². The Hall–Kier alpha value is -3.14. The van der Waals surface area contributed by atoms with E-state index >= 15 is 0 Å². The van der Waals surface area contributed by atoms with E-state index in [2.05, 4.69) is 49.5 Å². The largest absolute Gasteiger partial charge is 0.489 e. The summed E-state index contributed by atoms with van der Waals surface area (Å²) in [5.41, 5.74) is 5.68. The fraction of sp³-hybridized carbons (Fsp3) is 0.333. The summed E-state index contributed by atoms with van der Waals surface area (Å²) >= 11 is 0. The van der Waals surface area contributed by atoms with Crippen molar-refractivity contribution in [2.45, 2.75) is 46.6 Å². The SMILES string of the molecule is CC1C/C(=N\NC(=O)c2ccc(COc3ccc4ccccc4c3)cc2)CC(C)(C)C1. The number of benzene rings is 3. The first kappa shape index (κ1) is 21.1. The smallest absolute Gasteiger partial charge is 0.271 e. The Morgan fingerprint density at radius 3 is 2.55 bits per heavy atom. The van der Waals surface area contributed by atoms with Gasteiger partial charge in [0.25, 0.3) is 5.91 Å². The monoisotopic (exact) mass is 414 g/mol. The predicted molar refractivity (Wildman–Crippen MR) is 126 cm³/mol. The van der Waals surface area contributed by atoms with Crippen molar-refractivity contribution in [3.63, 3.8) is 0 Å². The van der Waals surface area contributed by atoms with Crippen LogP contribution in [-0.4, -0.2) is 11.6 Å². The van der Waals surface area contributed by atoms with Crippen LogP contribution in [0.3, 0.4) is 0 Å². The molecule has 0 radical (unpaired) electrons. The summed E-state index contributed by atoms with van der Waals surface area (Å²) in [6.45, 7) is 7.23. The molecule has 0 heterocycles. The summed E-state index contributed by atoms with van der Waals surface area (Å²) in [4.78, 5) is 12.5. The number of carbonyl (C=O) groups excluding carboxylic acids is 1. The normalized spacial score (nSPS) is 19.3. The number of hydrazone groups is 1. The number of nitrogens with one attached hydrogen (secondary N) is 1. The maximum Gasteiger partial charge on any atom is 0.271 e. The summed E-state index contributed by atoms with van der Waals surface area (Å²) in [5.74, 6) is 1.26. The van der Waals surface area contributed by atoms with Gasteiger partial charge in [-0.3, -0.25) is 4.79 Å². The number of ether oxygens (including phenoxy) is 1. The molecule has 0 aliphatic heterocycles. The minimum Gasteiger partial charge on any atom is -0.489 e. The van der Waals surface area contributed by atoms with Gasteiger partial charge in [-0.25, -0.2) is 5.43 Å². The van der Waals surface area contributed by atoms with Crippen molar-refractivity contribution in [2.75, 3.05) is 0 Å². The number of hydrogen-bond acceptors (Lipinski definition) is 3. The van der Waals surface area contributed by atoms with E-state index < -0.39 is 0 Å². The molecule has 1 aliphatic carbocycles. The highest BCUT2D eigenvalue weighted by Gasteiger charge is 2.29. The van der Waals surface area contributed by atoms with Crippen LogP contribution in [-0.2, 0) is 6.61 Å². The molecule has 1 atom stereocenters. The van der Waals surface area contributed by atoms with Crippen molar-refractivity contribution in [3.05, 3.63) is 77.9 Å². The van der Waals surface area contributed by atoms with Crippen molar-refractivity contribution in [3.8, 4) is 5.75 Å². The summed E-state index contributed by atoms with van der Waals surface area (Å²) in [6, 6.07) is 21.8. The van der Waals surface area contributed by atoms with E-state index in [0.29, 0.717) is 18.1 Å². The minimum atomic E-state index is -0.175. The Balaban J connectivity index is 1.34. The molecule has 31 heavy (non-hydrogen) atoms. The highest BCUT2D eigenvalue weighted by Crippen LogP contribution is 2.36. The van der Waals surface area contributed by atoms with Gasteiger partial charge in [0.2, 0.25) is 0 Å². The molecule has 1 amide bonds. The van der Waals surface area contributed by atoms with Crippen LogP contribution in [0.5, 0.6) is 5.75 Å². The van der Waals surface area contributed by atoms with Crippen molar-refractivity contribution in [1.82, 2.24) is 5.43 Å². The van der Waals surface area contributed by atoms with E-state index in [1.807, 2.05) is 48.5 Å². The Morgan fingerprint density at radius 1 is 1.06 bits per heavy atom. The molecule has 0 bridgehead atoms. The lowest BCUT2D eigenvalue weighted by atomic mass is 9.72. The number of fused-ring (bicyclic) bond motifs is 1. The first-order chi connectivity index (χ1) is 14.9. The maximum atomic E-state index is 12.5. The lowest BCUT2D eigenvalue weighted by Crippen LogP contribution is -2.30. The van der Waals surface area contributed by atoms with Crippen LogP contribution in [0.15, 0.2) is 71.8 Å². The molecule has 0 spiro atoms. The van der Waals surface area contributed by atoms with Crippen LogP contribution in [0.4, 0.5) is 0 Å². The zero-order valence-electron chi connectivity index (χ0n) is 18.5. The van der Waals surface area contributed by atoms with Gasteiger partial charge in [-0.1, -0.05) is 63.2 Å². The maximum absolute atomic E-state index is 12.5. The quantitative estimate of drug-likeness (QED) is 0.495. The Kier molecular flexibility index (Phi) is 6.08. The second-order valence-electron chi connectivity index (χ2n) is 9.47. The second kappa shape index (κ2) is 8.93. The van der Waals surface area contributed by atoms with Gasteiger partial charge in [0.05, 0.1) is 0 Å². The van der Waals surface area contributed by atoms with E-state index in [-0.39, 0.29) is 11.3 Å². The molecule has 1 N–H and O–H groups in total. The van der Waals surface area contributed by atoms with Gasteiger partial charge in [-0.05, 0) is 71.2 Å². The van der Waals surface area contributed by atoms with Gasteiger partial charge in [-0.15, -0.1) is 0 Å². The van der Waals surface area contributed by atoms with Crippen LogP contribution in [0, 0.1) is 11.3 Å². The predicted octanol–water partition coefficient (Wildman–Crippen LogP) is 6.35. The van der Waals surface area contributed by atoms with E-state index in [0.717, 1.165) is 35.3 Å². The molecule has 4 rings (SSSR count). The summed E-state index contributed by atoms with van der Waals surface area (Å²) in [5, 5.41) is 6.77. The molecular formula is C27H30N2O2. The van der Waals surface area contributed by atoms with Crippen LogP contribution >= 0.6 is 0 Å². The van der Waals surface area contributed by atoms with Gasteiger partial charge in [0.15, 0.2) is 0 Å². The third-order valence-electron chi connectivity index (χ3n) is 5.83. The molecule has 0 saturated heterocycles. The average Bonchev–Trinajstić information content (AvgIpc) is 2.75. The first-order valence-corrected chi connectivity index (χ1v) is 10.9. The summed E-state index contributed by atoms with van der Waals surface area (Å²) in [6.07, 6.45) is 3.08. The number of hydrogen-bond donors (Lipinski definition) is 1. The van der Waals surface area contributed by atoms with E-state index in [4.69, 9.17) is 4.74 Å². The van der Waals surface area contributed by atoms with E-state index in [1.165, 1.54) is 11.8 Å². The second-order valence-corrected chi connectivity index (χ2v) is 9.47. The highest BCUT2D eigenvalue weighted by atomic mass is 16.5. The average molecular weight is 415 g/mol. The lowest BCUT2D eigenvalue weighted by molar-refractivity contribution is 0.0954. The topological polar surface area (TPSA) is 50.7 Å². The fourth-order valence-electron chi connectivity index (χ4n) is 4.57. The number of nitrogens with zero attached hydrogens (tertiary/aromatic N) is 1. The van der Waals surface area contributed by atoms with Crippen molar-refractivity contribution in [2.24, 2.45) is 16.4 Å². The van der Waals surface area contributed by atoms with Crippen molar-refractivity contribution < 1.29 is 9.53 Å². The molecule has 1 saturated carbocycles. The molecule has 160 valence electrons. The molecular weight excluding hydrogens is 384 g/mol. The molecule has 3 aromatic rings. The molecule has 4 heteroatoms. The Bertz CT molecular complexity index is 1100. The molecule has 1 fully saturated rings. The standard InChI is InChI=1S/C27H30N2O2/c1-19-14-24(17-27(2,3)16-19)28-29-26(30)22-10-8-20(9-11-22)18-31-25-13-12-21-6-4-5-7-23(21)15-25/h4-13,15,19H,14,16-18H2,1-3H3,(H,29,30)/b28-24+. The molecule has 1 aliphatic rings. The Morgan fingerprint density at radius 2 is 1.81 bits per heavy atom. The van der Waals surface area contributed by atoms with Crippen LogP contribution in [0.25, 0.3) is 10.8 Å². The van der Waals surface area contributed by atoms with Gasteiger partial charge in [-0.2, -0.15) is 5.10 Å². The van der Waals surface area contributed by atoms with Crippen LogP contribution in [0.2, 0.25) is 0 Å².